The molecule has 0 aliphatic carbocycles. The molecule has 0 atom stereocenters. The highest BCUT2D eigenvalue weighted by atomic mass is 35.5. The topological polar surface area (TPSA) is 34.5 Å². The van der Waals surface area contributed by atoms with E-state index in [-0.39, 0.29) is 0 Å². The van der Waals surface area contributed by atoms with E-state index in [4.69, 9.17) is 11.6 Å². The van der Waals surface area contributed by atoms with Gasteiger partial charge in [-0.3, -0.25) is 0 Å². The van der Waals surface area contributed by atoms with Gasteiger partial charge in [-0.05, 0) is 6.07 Å². The van der Waals surface area contributed by atoms with E-state index in [1.165, 1.54) is 6.38 Å². The molecule has 0 saturated carbocycles. The van der Waals surface area contributed by atoms with E-state index in [9.17, 15) is 0 Å². The molecule has 0 spiro atoms. The first-order valence-electron chi connectivity index (χ1n) is 3.01. The molecule has 3 nitrogen and oxygen atoms in total. The first-order chi connectivity index (χ1) is 5.93. The first kappa shape index (κ1) is 11.2. The molecule has 0 aliphatic heterocycles. The molecule has 5 heteroatoms. The summed E-state index contributed by atoms with van der Waals surface area (Å²) >= 11 is 9.75. The average Bonchev–Trinajstić information content (AvgIpc) is 2.19. The highest BCUT2D eigenvalue weighted by Gasteiger charge is 1.86. The van der Waals surface area contributed by atoms with Crippen molar-refractivity contribution in [2.75, 3.05) is 6.38 Å². The second-order valence-electron chi connectivity index (χ2n) is 1.46. The summed E-state index contributed by atoms with van der Waals surface area (Å²) in [5, 5.41) is 3.32. The molecule has 0 unspecified atom stereocenters. The molecule has 1 heterocycles. The van der Waals surface area contributed by atoms with E-state index in [2.05, 4.69) is 26.6 Å². The Bertz CT molecular complexity index is 216. The molecule has 0 bridgehead atoms. The lowest BCUT2D eigenvalue weighted by Gasteiger charge is -1.91. The Labute approximate surface area is 81.0 Å². The van der Waals surface area contributed by atoms with E-state index in [1.807, 2.05) is 0 Å². The second-order valence-corrected chi connectivity index (χ2v) is 1.66. The lowest BCUT2D eigenvalue weighted by molar-refractivity contribution is 0.331. The Morgan fingerprint density at radius 2 is 2.25 bits per heavy atom. The van der Waals surface area contributed by atoms with E-state index >= 15 is 0 Å². The lowest BCUT2D eigenvalue weighted by Crippen LogP contribution is -1.83. The van der Waals surface area contributed by atoms with Gasteiger partial charge in [0, 0.05) is 18.6 Å². The number of halogens is 2. The van der Waals surface area contributed by atoms with Gasteiger partial charge >= 0.3 is 0 Å². The maximum Gasteiger partial charge on any atom is 0.248 e. The minimum Gasteiger partial charge on any atom is -0.336 e. The summed E-state index contributed by atoms with van der Waals surface area (Å²) in [5.41, 5.74) is 1.04. The van der Waals surface area contributed by atoms with Crippen LogP contribution in [0.5, 0.6) is 5.88 Å². The van der Waals surface area contributed by atoms with Crippen LogP contribution < -0.4 is 4.84 Å². The molecular weight excluding hydrogens is 199 g/mol. The molecular formula is C7H8Cl2N2O. The number of rotatable bonds is 2. The Balaban J connectivity index is 0.000000561. The van der Waals surface area contributed by atoms with Gasteiger partial charge in [0.1, 0.15) is 5.67 Å². The third kappa shape index (κ3) is 4.93. The van der Waals surface area contributed by atoms with Gasteiger partial charge in [0.15, 0.2) is 0 Å². The monoisotopic (exact) mass is 206 g/mol. The van der Waals surface area contributed by atoms with Crippen molar-refractivity contribution in [2.45, 2.75) is 0 Å². The maximum atomic E-state index is 5.11. The van der Waals surface area contributed by atoms with Crippen LogP contribution in [-0.4, -0.2) is 17.0 Å². The standard InChI is InChI=1S/C6H5ClN2O.CH3Cl/c7-5-9-10-6-3-1-2-4-8-6;1-2/h1-5H;1H3/b9-5-;. The molecule has 12 heavy (non-hydrogen) atoms. The van der Waals surface area contributed by atoms with Crippen molar-refractivity contribution < 1.29 is 4.84 Å². The highest BCUT2D eigenvalue weighted by molar-refractivity contribution is 6.56. The minimum absolute atomic E-state index is 0.430. The molecule has 1 aromatic heterocycles. The van der Waals surface area contributed by atoms with Gasteiger partial charge in [-0.25, -0.2) is 4.98 Å². The number of hydrogen-bond donors (Lipinski definition) is 0. The van der Waals surface area contributed by atoms with Crippen LogP contribution in [0.1, 0.15) is 0 Å². The van der Waals surface area contributed by atoms with Gasteiger partial charge in [-0.2, -0.15) is 0 Å². The summed E-state index contributed by atoms with van der Waals surface area (Å²) < 4.78 is 0. The van der Waals surface area contributed by atoms with E-state index in [1.54, 1.807) is 24.4 Å². The number of nitrogens with zero attached hydrogens (tertiary/aromatic N) is 2. The van der Waals surface area contributed by atoms with Crippen LogP contribution >= 0.6 is 23.2 Å². The fourth-order valence-corrected chi connectivity index (χ4v) is 0.515. The number of hydrogen-bond acceptors (Lipinski definition) is 3. The zero-order valence-corrected chi connectivity index (χ0v) is 7.96. The number of pyridine rings is 1. The van der Waals surface area contributed by atoms with Crippen LogP contribution in [-0.2, 0) is 0 Å². The van der Waals surface area contributed by atoms with E-state index in [0.717, 1.165) is 5.67 Å². The summed E-state index contributed by atoms with van der Waals surface area (Å²) in [6, 6.07) is 5.27. The van der Waals surface area contributed by atoms with Gasteiger partial charge in [-0.1, -0.05) is 22.8 Å². The summed E-state index contributed by atoms with van der Waals surface area (Å²) in [7, 11) is 0. The van der Waals surface area contributed by atoms with E-state index in [0.29, 0.717) is 5.88 Å². The number of oxime groups is 1. The van der Waals surface area contributed by atoms with Gasteiger partial charge in [0.05, 0.1) is 0 Å². The average molecular weight is 207 g/mol. The second kappa shape index (κ2) is 8.30. The van der Waals surface area contributed by atoms with Gasteiger partial charge in [-0.15, -0.1) is 11.6 Å². The summed E-state index contributed by atoms with van der Waals surface area (Å²) in [6.45, 7) is 0. The predicted molar refractivity (Wildman–Crippen MR) is 51.0 cm³/mol. The Kier molecular flexibility index (Phi) is 7.74. The molecule has 0 amide bonds. The fraction of sp³-hybridized carbons (Fsp3) is 0.143. The van der Waals surface area contributed by atoms with Crippen LogP contribution in [0.3, 0.4) is 0 Å². The molecule has 0 aliphatic rings. The summed E-state index contributed by atoms with van der Waals surface area (Å²) in [4.78, 5) is 8.50. The SMILES string of the molecule is CCl.Cl/C=N\Oc1ccccn1. The third-order valence-corrected chi connectivity index (χ3v) is 0.904. The highest BCUT2D eigenvalue weighted by Crippen LogP contribution is 2.02. The molecule has 66 valence electrons. The normalized spacial score (nSPS) is 8.92. The molecule has 0 radical (unpaired) electrons. The Hall–Kier alpha value is -0.800. The van der Waals surface area contributed by atoms with Crippen molar-refractivity contribution in [3.63, 3.8) is 0 Å². The number of alkyl halides is 1. The zero-order chi connectivity index (χ0) is 9.23. The smallest absolute Gasteiger partial charge is 0.248 e. The molecule has 0 fully saturated rings. The van der Waals surface area contributed by atoms with Gasteiger partial charge in [0.25, 0.3) is 0 Å². The zero-order valence-electron chi connectivity index (χ0n) is 6.45. The Morgan fingerprint density at radius 1 is 1.50 bits per heavy atom. The third-order valence-electron chi connectivity index (χ3n) is 0.824. The molecule has 0 N–H and O–H groups in total. The van der Waals surface area contributed by atoms with Crippen molar-refractivity contribution in [2.24, 2.45) is 5.16 Å². The van der Waals surface area contributed by atoms with Crippen LogP contribution in [0, 0.1) is 0 Å². The molecule has 0 saturated heterocycles. The van der Waals surface area contributed by atoms with Crippen molar-refractivity contribution in [1.82, 2.24) is 4.98 Å². The van der Waals surface area contributed by atoms with Crippen LogP contribution in [0.15, 0.2) is 29.6 Å². The van der Waals surface area contributed by atoms with Crippen molar-refractivity contribution in [1.29, 1.82) is 0 Å². The quantitative estimate of drug-likeness (QED) is 0.424. The van der Waals surface area contributed by atoms with Crippen molar-refractivity contribution in [3.8, 4) is 5.88 Å². The first-order valence-corrected chi connectivity index (χ1v) is 4.20. The van der Waals surface area contributed by atoms with Crippen LogP contribution in [0.2, 0.25) is 0 Å². The fourth-order valence-electron chi connectivity index (χ4n) is 0.475. The summed E-state index contributed by atoms with van der Waals surface area (Å²) in [6.07, 6.45) is 3.08. The van der Waals surface area contributed by atoms with Crippen LogP contribution in [0.25, 0.3) is 0 Å². The maximum absolute atomic E-state index is 5.11. The van der Waals surface area contributed by atoms with Crippen molar-refractivity contribution in [3.05, 3.63) is 24.4 Å². The molecule has 0 aromatic carbocycles. The molecule has 1 aromatic rings. The van der Waals surface area contributed by atoms with Crippen LogP contribution in [0.4, 0.5) is 0 Å². The Morgan fingerprint density at radius 3 is 2.75 bits per heavy atom. The van der Waals surface area contributed by atoms with Gasteiger partial charge in [0.2, 0.25) is 5.88 Å². The lowest BCUT2D eigenvalue weighted by atomic mass is 10.5. The van der Waals surface area contributed by atoms with E-state index < -0.39 is 0 Å². The number of aromatic nitrogens is 1. The van der Waals surface area contributed by atoms with Gasteiger partial charge < -0.3 is 4.84 Å². The van der Waals surface area contributed by atoms with Crippen molar-refractivity contribution >= 4 is 28.9 Å². The minimum atomic E-state index is 0.430. The molecule has 1 rings (SSSR count). The predicted octanol–water partition coefficient (Wildman–Crippen LogP) is 2.50. The largest absolute Gasteiger partial charge is 0.336 e. The summed E-state index contributed by atoms with van der Waals surface area (Å²) in [5.74, 6) is 0.430.